The molecule has 4 rings (SSSR count). The highest BCUT2D eigenvalue weighted by molar-refractivity contribution is 5.72. The lowest BCUT2D eigenvalue weighted by Gasteiger charge is -2.53. The monoisotopic (exact) mass is 664 g/mol. The van der Waals surface area contributed by atoms with E-state index in [1.165, 1.54) is 6.92 Å². The summed E-state index contributed by atoms with van der Waals surface area (Å²) in [6.07, 6.45) is -3.17. The lowest BCUT2D eigenvalue weighted by Crippen LogP contribution is -2.64. The summed E-state index contributed by atoms with van der Waals surface area (Å²) < 4.78 is 36.6. The average molecular weight is 665 g/mol. The Labute approximate surface area is 277 Å². The van der Waals surface area contributed by atoms with E-state index in [1.807, 2.05) is 13.8 Å². The van der Waals surface area contributed by atoms with Crippen LogP contribution >= 0.6 is 0 Å². The quantitative estimate of drug-likeness (QED) is 0.153. The first-order chi connectivity index (χ1) is 22.1. The van der Waals surface area contributed by atoms with Crippen molar-refractivity contribution >= 4 is 29.8 Å². The normalized spacial score (nSPS) is 36.9. The smallest absolute Gasteiger partial charge is 0.306 e. The van der Waals surface area contributed by atoms with Crippen LogP contribution in [0.1, 0.15) is 113 Å². The van der Waals surface area contributed by atoms with E-state index >= 15 is 0 Å². The molecule has 2 fully saturated rings. The summed E-state index contributed by atoms with van der Waals surface area (Å²) in [6, 6.07) is 0. The van der Waals surface area contributed by atoms with Crippen molar-refractivity contribution in [3.63, 3.8) is 0 Å². The van der Waals surface area contributed by atoms with E-state index in [2.05, 4.69) is 0 Å². The molecule has 1 saturated heterocycles. The summed E-state index contributed by atoms with van der Waals surface area (Å²) in [5.74, 6) is -3.65. The molecule has 1 saturated carbocycles. The molecule has 0 radical (unpaired) electrons. The molecule has 10 atom stereocenters. The first kappa shape index (κ1) is 36.8. The summed E-state index contributed by atoms with van der Waals surface area (Å²) in [5.41, 5.74) is -3.33. The van der Waals surface area contributed by atoms with Crippen LogP contribution < -0.4 is 0 Å². The Balaban J connectivity index is 2.12. The summed E-state index contributed by atoms with van der Waals surface area (Å²) in [4.78, 5) is 64.6. The van der Waals surface area contributed by atoms with Gasteiger partial charge in [-0.05, 0) is 50.5 Å². The van der Waals surface area contributed by atoms with Gasteiger partial charge in [-0.2, -0.15) is 0 Å². The third-order valence-corrected chi connectivity index (χ3v) is 10.7. The fraction of sp³-hybridized carbons (Fsp3) is 0.800. The van der Waals surface area contributed by atoms with Crippen molar-refractivity contribution in [2.24, 2.45) is 17.3 Å². The molecule has 1 spiro atoms. The maximum Gasteiger partial charge on any atom is 0.306 e. The molecule has 12 nitrogen and oxygen atoms in total. The van der Waals surface area contributed by atoms with Gasteiger partial charge in [0.1, 0.15) is 30.0 Å². The molecule has 0 aromatic carbocycles. The van der Waals surface area contributed by atoms with Crippen molar-refractivity contribution in [1.82, 2.24) is 0 Å². The Kier molecular flexibility index (Phi) is 11.2. The zero-order valence-electron chi connectivity index (χ0n) is 29.1. The Morgan fingerprint density at radius 3 is 1.98 bits per heavy atom. The molecular formula is C35H52O12. The minimum absolute atomic E-state index is 0.0222. The number of hydrogen-bond donors (Lipinski definition) is 1. The number of epoxide rings is 1. The van der Waals surface area contributed by atoms with Crippen molar-refractivity contribution < 1.29 is 57.5 Å². The highest BCUT2D eigenvalue weighted by Gasteiger charge is 2.77. The molecule has 0 aromatic heterocycles. The van der Waals surface area contributed by atoms with Gasteiger partial charge in [-0.15, -0.1) is 0 Å². The molecule has 4 aliphatic rings. The van der Waals surface area contributed by atoms with Gasteiger partial charge in [-0.25, -0.2) is 0 Å². The van der Waals surface area contributed by atoms with Crippen LogP contribution in [0.3, 0.4) is 0 Å². The van der Waals surface area contributed by atoms with Crippen LogP contribution in [0.25, 0.3) is 0 Å². The van der Waals surface area contributed by atoms with Crippen molar-refractivity contribution in [1.29, 1.82) is 0 Å². The maximum absolute atomic E-state index is 13.2. The number of hydrogen-bond acceptors (Lipinski definition) is 12. The molecule has 0 aromatic rings. The van der Waals surface area contributed by atoms with Crippen LogP contribution in [-0.4, -0.2) is 83.3 Å². The third-order valence-electron chi connectivity index (χ3n) is 10.7. The van der Waals surface area contributed by atoms with Crippen LogP contribution in [0, 0.1) is 17.3 Å². The van der Waals surface area contributed by atoms with Crippen molar-refractivity contribution in [3.05, 3.63) is 11.1 Å². The summed E-state index contributed by atoms with van der Waals surface area (Å²) in [5, 5.41) is 13.2. The minimum atomic E-state index is -1.71. The van der Waals surface area contributed by atoms with Gasteiger partial charge in [0.05, 0.1) is 6.61 Å². The van der Waals surface area contributed by atoms with Gasteiger partial charge < -0.3 is 33.5 Å². The minimum Gasteiger partial charge on any atom is -0.459 e. The Morgan fingerprint density at radius 2 is 1.43 bits per heavy atom. The van der Waals surface area contributed by atoms with E-state index in [4.69, 9.17) is 28.4 Å². The molecule has 47 heavy (non-hydrogen) atoms. The molecular weight excluding hydrogens is 612 g/mol. The zero-order valence-corrected chi connectivity index (χ0v) is 29.1. The summed E-state index contributed by atoms with van der Waals surface area (Å²) >= 11 is 0. The fourth-order valence-electron chi connectivity index (χ4n) is 8.25. The molecule has 1 N–H and O–H groups in total. The molecule has 1 aliphatic heterocycles. The average Bonchev–Trinajstić information content (AvgIpc) is 3.79. The Morgan fingerprint density at radius 1 is 0.872 bits per heavy atom. The number of carbonyl (C=O) groups excluding carboxylic acids is 5. The van der Waals surface area contributed by atoms with E-state index in [1.54, 1.807) is 34.6 Å². The number of aliphatic hydroxyl groups is 1. The van der Waals surface area contributed by atoms with Crippen molar-refractivity contribution in [2.75, 3.05) is 6.61 Å². The van der Waals surface area contributed by atoms with Gasteiger partial charge in [0.2, 0.25) is 0 Å². The molecule has 264 valence electrons. The topological polar surface area (TPSA) is 164 Å². The highest BCUT2D eigenvalue weighted by atomic mass is 16.7. The zero-order chi connectivity index (χ0) is 34.9. The number of rotatable bonds is 10. The Hall–Kier alpha value is -2.99. The SMILES string of the molecule is CCC(=O)OC1C[C@@H](C)CC[C@@H](OC(=O)CC)C2(CO2)[C@]2(O)CC[C@]3(C)[C@@H](OC(=O)CC)[C@H](OC(=O)CC)C1=C(C(C)OC(C)=O)[C@@H]32. The summed E-state index contributed by atoms with van der Waals surface area (Å²) in [7, 11) is 0. The highest BCUT2D eigenvalue weighted by Crippen LogP contribution is 2.67. The van der Waals surface area contributed by atoms with E-state index in [0.717, 1.165) is 0 Å². The molecule has 0 amide bonds. The largest absolute Gasteiger partial charge is 0.459 e. The standard InChI is InChI=1S/C35H52O12/c1-9-24(37)44-22-17-19(5)13-14-23(45-25(38)10-2)35(18-42-35)34(41)16-15-33(8)31(34)28(20(6)43-21(7)36)29(22)30(46-26(39)11-3)32(33)47-27(40)12-4/h19-20,22-23,30-32,41H,9-18H2,1-8H3/t19-,20?,22?,23+,30+,31-,32-,33-,34-,35?/m0/s1. The summed E-state index contributed by atoms with van der Waals surface area (Å²) in [6.45, 7) is 13.6. The Bertz CT molecular complexity index is 1270. The van der Waals surface area contributed by atoms with Crippen LogP contribution in [-0.2, 0) is 52.4 Å². The molecule has 12 heteroatoms. The number of ether oxygens (including phenoxy) is 6. The predicted octanol–water partition coefficient (Wildman–Crippen LogP) is 4.27. The number of esters is 5. The first-order valence-electron chi connectivity index (χ1n) is 17.2. The number of carbonyl (C=O) groups is 5. The molecule has 3 aliphatic carbocycles. The second kappa shape index (κ2) is 14.2. The van der Waals surface area contributed by atoms with Gasteiger partial charge in [0, 0.05) is 49.5 Å². The fourth-order valence-corrected chi connectivity index (χ4v) is 8.25. The maximum atomic E-state index is 13.2. The number of fused-ring (bicyclic) bond motifs is 1. The van der Waals surface area contributed by atoms with E-state index in [-0.39, 0.29) is 51.0 Å². The third kappa shape index (κ3) is 6.82. The second-order valence-electron chi connectivity index (χ2n) is 13.8. The van der Waals surface area contributed by atoms with Gasteiger partial charge in [-0.3, -0.25) is 24.0 Å². The molecule has 3 unspecified atom stereocenters. The van der Waals surface area contributed by atoms with Gasteiger partial charge >= 0.3 is 29.8 Å². The van der Waals surface area contributed by atoms with Crippen LogP contribution in [0.2, 0.25) is 0 Å². The molecule has 1 heterocycles. The van der Waals surface area contributed by atoms with Crippen molar-refractivity contribution in [2.45, 2.75) is 155 Å². The molecule has 2 bridgehead atoms. The van der Waals surface area contributed by atoms with Crippen LogP contribution in [0.4, 0.5) is 0 Å². The van der Waals surface area contributed by atoms with Gasteiger partial charge in [0.15, 0.2) is 11.7 Å². The predicted molar refractivity (Wildman–Crippen MR) is 166 cm³/mol. The van der Waals surface area contributed by atoms with Gasteiger partial charge in [0.25, 0.3) is 0 Å². The lowest BCUT2D eigenvalue weighted by molar-refractivity contribution is -0.194. The van der Waals surface area contributed by atoms with Crippen LogP contribution in [0.15, 0.2) is 11.1 Å². The van der Waals surface area contributed by atoms with Crippen molar-refractivity contribution in [3.8, 4) is 0 Å². The first-order valence-corrected chi connectivity index (χ1v) is 17.2. The van der Waals surface area contributed by atoms with Gasteiger partial charge in [-0.1, -0.05) is 41.5 Å². The second-order valence-corrected chi connectivity index (χ2v) is 13.8. The van der Waals surface area contributed by atoms with Crippen LogP contribution in [0.5, 0.6) is 0 Å². The van der Waals surface area contributed by atoms with E-state index in [0.29, 0.717) is 30.4 Å². The van der Waals surface area contributed by atoms with E-state index in [9.17, 15) is 29.1 Å². The lowest BCUT2D eigenvalue weighted by atomic mass is 9.57. The van der Waals surface area contributed by atoms with E-state index < -0.39 is 82.9 Å².